The molecular weight excluding hydrogens is 264 g/mol. The minimum atomic E-state index is -0.847. The molecule has 1 aliphatic carbocycles. The number of hydrogen-bond donors (Lipinski definition) is 3. The van der Waals surface area contributed by atoms with Gasteiger partial charge in [-0.3, -0.25) is 14.4 Å². The third-order valence-electron chi connectivity index (χ3n) is 3.45. The van der Waals surface area contributed by atoms with E-state index < -0.39 is 11.9 Å². The SMILES string of the molecule is COCCNC(=O)CNC(=O)C1CCCC(C(=O)O)C1. The van der Waals surface area contributed by atoms with Gasteiger partial charge in [0.25, 0.3) is 0 Å². The van der Waals surface area contributed by atoms with E-state index in [0.717, 1.165) is 6.42 Å². The number of carbonyl (C=O) groups excluding carboxylic acids is 2. The normalized spacial score (nSPS) is 22.1. The average molecular weight is 286 g/mol. The van der Waals surface area contributed by atoms with E-state index in [1.165, 1.54) is 7.11 Å². The molecule has 0 bridgehead atoms. The lowest BCUT2D eigenvalue weighted by Crippen LogP contribution is -2.41. The molecule has 0 aliphatic heterocycles. The van der Waals surface area contributed by atoms with Crippen molar-refractivity contribution in [3.63, 3.8) is 0 Å². The maximum absolute atomic E-state index is 11.9. The Hall–Kier alpha value is -1.63. The Bertz CT molecular complexity index is 359. The zero-order valence-electron chi connectivity index (χ0n) is 11.7. The van der Waals surface area contributed by atoms with Gasteiger partial charge in [0, 0.05) is 19.6 Å². The quantitative estimate of drug-likeness (QED) is 0.560. The highest BCUT2D eigenvalue weighted by atomic mass is 16.5. The molecule has 7 nitrogen and oxygen atoms in total. The van der Waals surface area contributed by atoms with Crippen LogP contribution in [-0.2, 0) is 19.1 Å². The van der Waals surface area contributed by atoms with Gasteiger partial charge in [-0.15, -0.1) is 0 Å². The van der Waals surface area contributed by atoms with E-state index in [2.05, 4.69) is 10.6 Å². The van der Waals surface area contributed by atoms with Gasteiger partial charge in [0.1, 0.15) is 0 Å². The number of ether oxygens (including phenoxy) is 1. The highest BCUT2D eigenvalue weighted by Crippen LogP contribution is 2.29. The zero-order chi connectivity index (χ0) is 15.0. The molecule has 3 N–H and O–H groups in total. The van der Waals surface area contributed by atoms with Crippen molar-refractivity contribution in [2.75, 3.05) is 26.8 Å². The van der Waals surface area contributed by atoms with Gasteiger partial charge >= 0.3 is 5.97 Å². The summed E-state index contributed by atoms with van der Waals surface area (Å²) in [5.74, 6) is -2.12. The van der Waals surface area contributed by atoms with E-state index in [0.29, 0.717) is 32.4 Å². The second-order valence-corrected chi connectivity index (χ2v) is 4.96. The van der Waals surface area contributed by atoms with Crippen molar-refractivity contribution in [1.29, 1.82) is 0 Å². The molecule has 1 saturated carbocycles. The minimum Gasteiger partial charge on any atom is -0.481 e. The summed E-state index contributed by atoms with van der Waals surface area (Å²) in [6, 6.07) is 0. The first kappa shape index (κ1) is 16.4. The second-order valence-electron chi connectivity index (χ2n) is 4.96. The van der Waals surface area contributed by atoms with Crippen molar-refractivity contribution < 1.29 is 24.2 Å². The molecule has 0 aromatic rings. The molecule has 2 atom stereocenters. The van der Waals surface area contributed by atoms with Crippen LogP contribution in [0.5, 0.6) is 0 Å². The fraction of sp³-hybridized carbons (Fsp3) is 0.769. The molecule has 2 unspecified atom stereocenters. The van der Waals surface area contributed by atoms with Crippen LogP contribution in [0.3, 0.4) is 0 Å². The van der Waals surface area contributed by atoms with Gasteiger partial charge in [0.2, 0.25) is 11.8 Å². The van der Waals surface area contributed by atoms with Crippen LogP contribution in [0.4, 0.5) is 0 Å². The van der Waals surface area contributed by atoms with Crippen LogP contribution in [0.2, 0.25) is 0 Å². The van der Waals surface area contributed by atoms with Gasteiger partial charge in [-0.2, -0.15) is 0 Å². The minimum absolute atomic E-state index is 0.0865. The largest absolute Gasteiger partial charge is 0.481 e. The first-order valence-corrected chi connectivity index (χ1v) is 6.80. The lowest BCUT2D eigenvalue weighted by Gasteiger charge is -2.25. The zero-order valence-corrected chi connectivity index (χ0v) is 11.7. The lowest BCUT2D eigenvalue weighted by molar-refractivity contribution is -0.144. The highest BCUT2D eigenvalue weighted by Gasteiger charge is 2.30. The number of aliphatic carboxylic acids is 1. The summed E-state index contributed by atoms with van der Waals surface area (Å²) < 4.78 is 4.79. The van der Waals surface area contributed by atoms with Gasteiger partial charge in [-0.05, 0) is 19.3 Å². The summed E-state index contributed by atoms with van der Waals surface area (Å²) in [4.78, 5) is 34.2. The summed E-state index contributed by atoms with van der Waals surface area (Å²) in [7, 11) is 1.54. The van der Waals surface area contributed by atoms with E-state index >= 15 is 0 Å². The number of carboxylic acids is 1. The van der Waals surface area contributed by atoms with E-state index in [9.17, 15) is 14.4 Å². The molecule has 0 radical (unpaired) electrons. The van der Waals surface area contributed by atoms with Crippen molar-refractivity contribution in [2.45, 2.75) is 25.7 Å². The van der Waals surface area contributed by atoms with Gasteiger partial charge in [-0.1, -0.05) is 6.42 Å². The van der Waals surface area contributed by atoms with Gasteiger partial charge in [0.05, 0.1) is 19.1 Å². The first-order chi connectivity index (χ1) is 9.54. The summed E-state index contributed by atoms with van der Waals surface area (Å²) in [6.45, 7) is 0.731. The molecule has 1 rings (SSSR count). The number of nitrogens with one attached hydrogen (secondary N) is 2. The van der Waals surface area contributed by atoms with E-state index in [4.69, 9.17) is 9.84 Å². The topological polar surface area (TPSA) is 105 Å². The maximum atomic E-state index is 11.9. The number of rotatable bonds is 7. The van der Waals surface area contributed by atoms with E-state index in [1.807, 2.05) is 0 Å². The first-order valence-electron chi connectivity index (χ1n) is 6.80. The van der Waals surface area contributed by atoms with Crippen LogP contribution in [0.15, 0.2) is 0 Å². The molecule has 20 heavy (non-hydrogen) atoms. The molecule has 1 fully saturated rings. The molecule has 0 spiro atoms. The Kier molecular flexibility index (Phi) is 7.00. The third kappa shape index (κ3) is 5.56. The number of carbonyl (C=O) groups is 3. The van der Waals surface area contributed by atoms with Gasteiger partial charge in [-0.25, -0.2) is 0 Å². The van der Waals surface area contributed by atoms with Crippen LogP contribution in [0.25, 0.3) is 0 Å². The fourth-order valence-corrected chi connectivity index (χ4v) is 2.32. The molecule has 0 aromatic carbocycles. The smallest absolute Gasteiger partial charge is 0.306 e. The Morgan fingerprint density at radius 3 is 2.55 bits per heavy atom. The number of carboxylic acid groups (broad SMARTS) is 1. The third-order valence-corrected chi connectivity index (χ3v) is 3.45. The average Bonchev–Trinajstić information content (AvgIpc) is 2.45. The highest BCUT2D eigenvalue weighted by molar-refractivity contribution is 5.86. The summed E-state index contributed by atoms with van der Waals surface area (Å²) in [5.41, 5.74) is 0. The summed E-state index contributed by atoms with van der Waals surface area (Å²) >= 11 is 0. The Balaban J connectivity index is 2.28. The Morgan fingerprint density at radius 1 is 1.20 bits per heavy atom. The number of amides is 2. The van der Waals surface area contributed by atoms with Crippen molar-refractivity contribution in [1.82, 2.24) is 10.6 Å². The van der Waals surface area contributed by atoms with Crippen LogP contribution < -0.4 is 10.6 Å². The number of methoxy groups -OCH3 is 1. The van der Waals surface area contributed by atoms with Crippen molar-refractivity contribution >= 4 is 17.8 Å². The van der Waals surface area contributed by atoms with Crippen molar-refractivity contribution in [3.05, 3.63) is 0 Å². The van der Waals surface area contributed by atoms with Crippen LogP contribution >= 0.6 is 0 Å². The molecular formula is C13H22N2O5. The van der Waals surface area contributed by atoms with Crippen molar-refractivity contribution in [2.24, 2.45) is 11.8 Å². The Labute approximate surface area is 118 Å². The molecule has 0 heterocycles. The van der Waals surface area contributed by atoms with E-state index in [-0.39, 0.29) is 24.3 Å². The standard InChI is InChI=1S/C13H22N2O5/c1-20-6-5-14-11(16)8-15-12(17)9-3-2-4-10(7-9)13(18)19/h9-10H,2-8H2,1H3,(H,14,16)(H,15,17)(H,18,19). The Morgan fingerprint density at radius 2 is 1.90 bits per heavy atom. The van der Waals surface area contributed by atoms with Gasteiger partial charge < -0.3 is 20.5 Å². The lowest BCUT2D eigenvalue weighted by atomic mass is 9.81. The molecule has 1 aliphatic rings. The summed E-state index contributed by atoms with van der Waals surface area (Å²) in [6.07, 6.45) is 2.39. The maximum Gasteiger partial charge on any atom is 0.306 e. The number of hydrogen-bond acceptors (Lipinski definition) is 4. The molecule has 0 aromatic heterocycles. The predicted octanol–water partition coefficient (Wildman–Crippen LogP) is -0.244. The van der Waals surface area contributed by atoms with Crippen LogP contribution in [0, 0.1) is 11.8 Å². The molecule has 2 amide bonds. The van der Waals surface area contributed by atoms with Gasteiger partial charge in [0.15, 0.2) is 0 Å². The van der Waals surface area contributed by atoms with Crippen LogP contribution in [-0.4, -0.2) is 49.7 Å². The molecule has 0 saturated heterocycles. The predicted molar refractivity (Wildman–Crippen MR) is 71.0 cm³/mol. The molecule has 7 heteroatoms. The second kappa shape index (κ2) is 8.52. The molecule has 114 valence electrons. The fourth-order valence-electron chi connectivity index (χ4n) is 2.32. The van der Waals surface area contributed by atoms with E-state index in [1.54, 1.807) is 0 Å². The van der Waals surface area contributed by atoms with Crippen molar-refractivity contribution in [3.8, 4) is 0 Å². The summed E-state index contributed by atoms with van der Waals surface area (Å²) in [5, 5.41) is 14.1. The van der Waals surface area contributed by atoms with Crippen LogP contribution in [0.1, 0.15) is 25.7 Å². The monoisotopic (exact) mass is 286 g/mol.